The summed E-state index contributed by atoms with van der Waals surface area (Å²) in [5.74, 6) is -0.243. The van der Waals surface area contributed by atoms with E-state index < -0.39 is 0 Å². The van der Waals surface area contributed by atoms with Gasteiger partial charge in [0.25, 0.3) is 5.91 Å². The summed E-state index contributed by atoms with van der Waals surface area (Å²) in [6, 6.07) is 5.89. The van der Waals surface area contributed by atoms with Crippen molar-refractivity contribution in [2.75, 3.05) is 16.4 Å². The molecule has 140 valence electrons. The first kappa shape index (κ1) is 19.4. The van der Waals surface area contributed by atoms with Crippen LogP contribution in [0.5, 0.6) is 0 Å². The van der Waals surface area contributed by atoms with Crippen molar-refractivity contribution in [3.05, 3.63) is 39.9 Å². The number of aryl methyl sites for hydroxylation is 3. The van der Waals surface area contributed by atoms with Crippen molar-refractivity contribution in [3.8, 4) is 0 Å². The zero-order chi connectivity index (χ0) is 19.4. The second-order valence-electron chi connectivity index (χ2n) is 5.73. The molecule has 0 atom stereocenters. The van der Waals surface area contributed by atoms with E-state index in [4.69, 9.17) is 0 Å². The fourth-order valence-electron chi connectivity index (χ4n) is 2.28. The van der Waals surface area contributed by atoms with Gasteiger partial charge in [-0.3, -0.25) is 14.9 Å². The van der Waals surface area contributed by atoms with Gasteiger partial charge in [0.05, 0.1) is 11.4 Å². The van der Waals surface area contributed by atoms with Gasteiger partial charge in [-0.25, -0.2) is 0 Å². The number of carbonyl (C=O) groups excluding carboxylic acids is 2. The second-order valence-corrected chi connectivity index (χ2v) is 8.68. The van der Waals surface area contributed by atoms with Crippen molar-refractivity contribution >= 4 is 57.3 Å². The molecule has 0 unspecified atom stereocenters. The first-order valence-electron chi connectivity index (χ1n) is 7.85. The first-order valence-corrected chi connectivity index (χ1v) is 10.4. The summed E-state index contributed by atoms with van der Waals surface area (Å²) in [6.45, 7) is 5.69. The van der Waals surface area contributed by atoms with Crippen LogP contribution in [0.1, 0.15) is 26.5 Å². The minimum absolute atomic E-state index is 0.128. The summed E-state index contributed by atoms with van der Waals surface area (Å²) >= 11 is 3.50. The molecule has 2 heterocycles. The number of nitrogens with one attached hydrogen (secondary N) is 2. The maximum Gasteiger partial charge on any atom is 0.271 e. The predicted octanol–water partition coefficient (Wildman–Crippen LogP) is 3.30. The van der Waals surface area contributed by atoms with Gasteiger partial charge in [-0.05, 0) is 55.6 Å². The zero-order valence-electron chi connectivity index (χ0n) is 14.8. The molecule has 0 aliphatic carbocycles. The van der Waals surface area contributed by atoms with Crippen LogP contribution in [0.2, 0.25) is 0 Å². The molecule has 2 amide bonds. The Morgan fingerprint density at radius 3 is 2.44 bits per heavy atom. The molecule has 0 spiro atoms. The number of hydrogen-bond acceptors (Lipinski definition) is 9. The maximum absolute atomic E-state index is 12.1. The van der Waals surface area contributed by atoms with E-state index in [0.29, 0.717) is 20.0 Å². The number of nitrogens with zero attached hydrogens (tertiary/aromatic N) is 4. The number of carbonyl (C=O) groups is 2. The molecule has 0 fully saturated rings. The Bertz CT molecular complexity index is 964. The number of aromatic nitrogens is 4. The van der Waals surface area contributed by atoms with Crippen LogP contribution >= 0.6 is 34.6 Å². The standard InChI is InChI=1S/C16H16N6O2S3/c1-8-4-9(2)6-11(5-8)17-12(23)7-25-16-21-20-15(26-16)18-14(24)13-10(3)19-22-27-13/h4-6H,7H2,1-3H3,(H,17,23)(H,18,20,24). The summed E-state index contributed by atoms with van der Waals surface area (Å²) in [6.07, 6.45) is 0. The highest BCUT2D eigenvalue weighted by Crippen LogP contribution is 2.26. The molecule has 11 heteroatoms. The molecule has 2 aromatic heterocycles. The fourth-order valence-corrected chi connectivity index (χ4v) is 4.38. The topological polar surface area (TPSA) is 110 Å². The van der Waals surface area contributed by atoms with Gasteiger partial charge in [-0.2, -0.15) is 0 Å². The molecule has 0 saturated carbocycles. The third kappa shape index (κ3) is 5.31. The van der Waals surface area contributed by atoms with Gasteiger partial charge in [-0.15, -0.1) is 15.3 Å². The lowest BCUT2D eigenvalue weighted by atomic mass is 10.1. The van der Waals surface area contributed by atoms with Crippen molar-refractivity contribution in [2.45, 2.75) is 25.1 Å². The van der Waals surface area contributed by atoms with E-state index in [0.717, 1.165) is 28.3 Å². The average molecular weight is 421 g/mol. The number of rotatable bonds is 6. The second kappa shape index (κ2) is 8.55. The highest BCUT2D eigenvalue weighted by Gasteiger charge is 2.16. The minimum Gasteiger partial charge on any atom is -0.325 e. The van der Waals surface area contributed by atoms with Gasteiger partial charge in [0.2, 0.25) is 11.0 Å². The maximum atomic E-state index is 12.1. The van der Waals surface area contributed by atoms with E-state index in [1.54, 1.807) is 6.92 Å². The number of thioether (sulfide) groups is 1. The largest absolute Gasteiger partial charge is 0.325 e. The highest BCUT2D eigenvalue weighted by atomic mass is 32.2. The van der Waals surface area contributed by atoms with Crippen LogP contribution in [0.25, 0.3) is 0 Å². The Morgan fingerprint density at radius 2 is 1.78 bits per heavy atom. The Morgan fingerprint density at radius 1 is 1.04 bits per heavy atom. The fraction of sp³-hybridized carbons (Fsp3) is 0.250. The van der Waals surface area contributed by atoms with Gasteiger partial charge >= 0.3 is 0 Å². The zero-order valence-corrected chi connectivity index (χ0v) is 17.2. The number of benzene rings is 1. The molecular weight excluding hydrogens is 404 g/mol. The van der Waals surface area contributed by atoms with Crippen molar-refractivity contribution in [1.29, 1.82) is 0 Å². The molecular formula is C16H16N6O2S3. The van der Waals surface area contributed by atoms with Gasteiger partial charge in [-0.1, -0.05) is 33.7 Å². The molecule has 0 bridgehead atoms. The average Bonchev–Trinajstić information content (AvgIpc) is 3.20. The molecule has 0 aliphatic rings. The molecule has 3 rings (SSSR count). The van der Waals surface area contributed by atoms with Crippen LogP contribution in [-0.4, -0.2) is 37.4 Å². The predicted molar refractivity (Wildman–Crippen MR) is 108 cm³/mol. The number of hydrogen-bond donors (Lipinski definition) is 2. The third-order valence-corrected chi connectivity index (χ3v) is 6.12. The van der Waals surface area contributed by atoms with Gasteiger partial charge < -0.3 is 5.32 Å². The van der Waals surface area contributed by atoms with Crippen LogP contribution in [0, 0.1) is 20.8 Å². The molecule has 27 heavy (non-hydrogen) atoms. The van der Waals surface area contributed by atoms with Crippen LogP contribution < -0.4 is 10.6 Å². The van der Waals surface area contributed by atoms with Crippen LogP contribution in [0.15, 0.2) is 22.5 Å². The SMILES string of the molecule is Cc1cc(C)cc(NC(=O)CSc2nnc(NC(=O)c3snnc3C)s2)c1. The molecule has 3 aromatic rings. The Labute approximate surface area is 168 Å². The normalized spacial score (nSPS) is 10.6. The van der Waals surface area contributed by atoms with E-state index in [-0.39, 0.29) is 17.6 Å². The summed E-state index contributed by atoms with van der Waals surface area (Å²) in [5, 5.41) is 17.6. The Kier molecular flexibility index (Phi) is 6.14. The van der Waals surface area contributed by atoms with E-state index in [1.165, 1.54) is 23.1 Å². The molecule has 2 N–H and O–H groups in total. The van der Waals surface area contributed by atoms with Gasteiger partial charge in [0.15, 0.2) is 4.34 Å². The number of amides is 2. The summed E-state index contributed by atoms with van der Waals surface area (Å²) in [5.41, 5.74) is 3.53. The monoisotopic (exact) mass is 420 g/mol. The van der Waals surface area contributed by atoms with Gasteiger partial charge in [0.1, 0.15) is 4.88 Å². The lowest BCUT2D eigenvalue weighted by Gasteiger charge is -2.06. The van der Waals surface area contributed by atoms with E-state index >= 15 is 0 Å². The number of anilines is 2. The summed E-state index contributed by atoms with van der Waals surface area (Å²) in [4.78, 5) is 24.7. The summed E-state index contributed by atoms with van der Waals surface area (Å²) < 4.78 is 4.33. The first-order chi connectivity index (χ1) is 12.9. The highest BCUT2D eigenvalue weighted by molar-refractivity contribution is 8.01. The third-order valence-electron chi connectivity index (χ3n) is 3.32. The quantitative estimate of drug-likeness (QED) is 0.465. The van der Waals surface area contributed by atoms with Crippen molar-refractivity contribution in [1.82, 2.24) is 19.8 Å². The van der Waals surface area contributed by atoms with E-state index in [2.05, 4.69) is 30.4 Å². The van der Waals surface area contributed by atoms with Crippen LogP contribution in [0.3, 0.4) is 0 Å². The van der Waals surface area contributed by atoms with Crippen molar-refractivity contribution < 1.29 is 9.59 Å². The van der Waals surface area contributed by atoms with Crippen LogP contribution in [0.4, 0.5) is 10.8 Å². The van der Waals surface area contributed by atoms with E-state index in [1.807, 2.05) is 32.0 Å². The molecule has 8 nitrogen and oxygen atoms in total. The Balaban J connectivity index is 1.52. The molecule has 0 saturated heterocycles. The molecule has 1 aromatic carbocycles. The molecule has 0 aliphatic heterocycles. The van der Waals surface area contributed by atoms with E-state index in [9.17, 15) is 9.59 Å². The van der Waals surface area contributed by atoms with Crippen molar-refractivity contribution in [2.24, 2.45) is 0 Å². The molecule has 0 radical (unpaired) electrons. The smallest absolute Gasteiger partial charge is 0.271 e. The Hall–Kier alpha value is -2.37. The van der Waals surface area contributed by atoms with Gasteiger partial charge in [0, 0.05) is 5.69 Å². The lowest BCUT2D eigenvalue weighted by molar-refractivity contribution is -0.113. The van der Waals surface area contributed by atoms with Crippen LogP contribution in [-0.2, 0) is 4.79 Å². The van der Waals surface area contributed by atoms with Crippen molar-refractivity contribution in [3.63, 3.8) is 0 Å². The summed E-state index contributed by atoms with van der Waals surface area (Å²) in [7, 11) is 0. The lowest BCUT2D eigenvalue weighted by Crippen LogP contribution is -2.14. The minimum atomic E-state index is -0.317.